The van der Waals surface area contributed by atoms with Crippen LogP contribution in [0.3, 0.4) is 0 Å². The van der Waals surface area contributed by atoms with Gasteiger partial charge in [0.1, 0.15) is 5.82 Å². The molecule has 0 radical (unpaired) electrons. The van der Waals surface area contributed by atoms with Gasteiger partial charge >= 0.3 is 0 Å². The minimum atomic E-state index is 0.0414. The Morgan fingerprint density at radius 2 is 2.11 bits per heavy atom. The monoisotopic (exact) mass is 253 g/mol. The Labute approximate surface area is 108 Å². The van der Waals surface area contributed by atoms with Crippen LogP contribution in [0, 0.1) is 6.92 Å². The van der Waals surface area contributed by atoms with Gasteiger partial charge in [-0.1, -0.05) is 0 Å². The number of nitrogens with zero attached hydrogens (tertiary/aromatic N) is 3. The van der Waals surface area contributed by atoms with Gasteiger partial charge in [-0.3, -0.25) is 9.89 Å². The lowest BCUT2D eigenvalue weighted by Gasteiger charge is -2.21. The molecule has 0 saturated heterocycles. The number of aromatic amines is 1. The van der Waals surface area contributed by atoms with Crippen molar-refractivity contribution in [2.75, 3.05) is 13.6 Å². The van der Waals surface area contributed by atoms with Crippen molar-refractivity contribution in [1.82, 2.24) is 25.4 Å². The molecular weight excluding hydrogens is 230 g/mol. The molecule has 0 bridgehead atoms. The van der Waals surface area contributed by atoms with Gasteiger partial charge in [0.15, 0.2) is 5.82 Å². The second kappa shape index (κ2) is 5.95. The van der Waals surface area contributed by atoms with E-state index >= 15 is 0 Å². The number of hydrogen-bond donors (Lipinski definition) is 2. The van der Waals surface area contributed by atoms with E-state index in [4.69, 9.17) is 0 Å². The third-order valence-electron chi connectivity index (χ3n) is 2.44. The molecule has 102 valence electrons. The molecule has 1 rings (SSSR count). The summed E-state index contributed by atoms with van der Waals surface area (Å²) in [5.41, 5.74) is 0.0414. The number of aromatic nitrogens is 3. The molecule has 18 heavy (non-hydrogen) atoms. The maximum Gasteiger partial charge on any atom is 0.223 e. The zero-order valence-electron chi connectivity index (χ0n) is 11.9. The number of hydrogen-bond acceptors (Lipinski definition) is 4. The van der Waals surface area contributed by atoms with Crippen LogP contribution in [0.15, 0.2) is 0 Å². The van der Waals surface area contributed by atoms with Crippen molar-refractivity contribution in [2.45, 2.75) is 46.2 Å². The van der Waals surface area contributed by atoms with Crippen molar-refractivity contribution in [1.29, 1.82) is 0 Å². The Bertz CT molecular complexity index is 393. The highest BCUT2D eigenvalue weighted by Crippen LogP contribution is 2.01. The number of H-pyrrole nitrogens is 1. The van der Waals surface area contributed by atoms with Crippen molar-refractivity contribution < 1.29 is 4.79 Å². The number of nitrogens with one attached hydrogen (secondary N) is 2. The molecule has 1 aromatic heterocycles. The van der Waals surface area contributed by atoms with Gasteiger partial charge in [0.25, 0.3) is 0 Å². The van der Waals surface area contributed by atoms with Crippen molar-refractivity contribution in [3.8, 4) is 0 Å². The third kappa shape index (κ3) is 5.27. The molecule has 1 amide bonds. The number of carbonyl (C=O) groups is 1. The second-order valence-electron chi connectivity index (χ2n) is 5.51. The quantitative estimate of drug-likeness (QED) is 0.816. The zero-order valence-corrected chi connectivity index (χ0v) is 11.9. The van der Waals surface area contributed by atoms with E-state index in [-0.39, 0.29) is 11.4 Å². The smallest absolute Gasteiger partial charge is 0.223 e. The largest absolute Gasteiger partial charge is 0.338 e. The summed E-state index contributed by atoms with van der Waals surface area (Å²) >= 11 is 0. The van der Waals surface area contributed by atoms with Gasteiger partial charge in [0.2, 0.25) is 5.91 Å². The van der Waals surface area contributed by atoms with Crippen LogP contribution in [-0.4, -0.2) is 45.1 Å². The fourth-order valence-corrected chi connectivity index (χ4v) is 1.50. The number of carbonyl (C=O) groups excluding carboxylic acids is 1. The fraction of sp³-hybridized carbons (Fsp3) is 0.750. The molecule has 2 N–H and O–H groups in total. The highest BCUT2D eigenvalue weighted by Gasteiger charge is 2.13. The Balaban J connectivity index is 2.33. The highest BCUT2D eigenvalue weighted by molar-refractivity contribution is 5.75. The SMILES string of the molecule is Cc1nc(CN(C)C(=O)CCNC(C)(C)C)n[nH]1. The standard InChI is InChI=1S/C12H23N5O/c1-9-14-10(16-15-9)8-17(5)11(18)6-7-13-12(2,3)4/h13H,6-8H2,1-5H3,(H,14,15,16). The van der Waals surface area contributed by atoms with Gasteiger partial charge in [-0.25, -0.2) is 4.98 Å². The Morgan fingerprint density at radius 3 is 2.61 bits per heavy atom. The van der Waals surface area contributed by atoms with Crippen LogP contribution in [0.5, 0.6) is 0 Å². The summed E-state index contributed by atoms with van der Waals surface area (Å²) in [6.07, 6.45) is 0.483. The summed E-state index contributed by atoms with van der Waals surface area (Å²) in [4.78, 5) is 17.7. The lowest BCUT2D eigenvalue weighted by molar-refractivity contribution is -0.130. The Morgan fingerprint density at radius 1 is 1.44 bits per heavy atom. The van der Waals surface area contributed by atoms with Crippen molar-refractivity contribution in [2.24, 2.45) is 0 Å². The van der Waals surface area contributed by atoms with Gasteiger partial charge in [0.05, 0.1) is 6.54 Å². The number of rotatable bonds is 5. The van der Waals surface area contributed by atoms with E-state index in [1.165, 1.54) is 0 Å². The third-order valence-corrected chi connectivity index (χ3v) is 2.44. The van der Waals surface area contributed by atoms with E-state index < -0.39 is 0 Å². The van der Waals surface area contributed by atoms with E-state index in [1.54, 1.807) is 11.9 Å². The van der Waals surface area contributed by atoms with Gasteiger partial charge < -0.3 is 10.2 Å². The molecule has 0 fully saturated rings. The second-order valence-corrected chi connectivity index (χ2v) is 5.51. The van der Waals surface area contributed by atoms with Crippen LogP contribution in [0.2, 0.25) is 0 Å². The predicted octanol–water partition coefficient (Wildman–Crippen LogP) is 0.850. The Kier molecular flexibility index (Phi) is 4.84. The molecule has 0 spiro atoms. The normalized spacial score (nSPS) is 11.6. The molecule has 1 heterocycles. The van der Waals surface area contributed by atoms with Crippen molar-refractivity contribution in [3.63, 3.8) is 0 Å². The first kappa shape index (κ1) is 14.6. The minimum absolute atomic E-state index is 0.0414. The van der Waals surface area contributed by atoms with E-state index in [0.717, 1.165) is 5.82 Å². The lowest BCUT2D eigenvalue weighted by Crippen LogP contribution is -2.38. The number of aryl methyl sites for hydroxylation is 1. The lowest BCUT2D eigenvalue weighted by atomic mass is 10.1. The summed E-state index contributed by atoms with van der Waals surface area (Å²) < 4.78 is 0. The maximum atomic E-state index is 11.9. The molecule has 0 aliphatic carbocycles. The number of amides is 1. The molecule has 6 heteroatoms. The van der Waals surface area contributed by atoms with Crippen LogP contribution in [0.25, 0.3) is 0 Å². The van der Waals surface area contributed by atoms with Gasteiger partial charge in [-0.15, -0.1) is 0 Å². The molecule has 6 nitrogen and oxygen atoms in total. The minimum Gasteiger partial charge on any atom is -0.338 e. The fourth-order valence-electron chi connectivity index (χ4n) is 1.50. The summed E-state index contributed by atoms with van der Waals surface area (Å²) in [7, 11) is 1.77. The molecule has 0 atom stereocenters. The first-order chi connectivity index (χ1) is 8.28. The molecule has 0 aromatic carbocycles. The van der Waals surface area contributed by atoms with Crippen LogP contribution in [0.4, 0.5) is 0 Å². The van der Waals surface area contributed by atoms with Crippen LogP contribution in [-0.2, 0) is 11.3 Å². The Hall–Kier alpha value is -1.43. The van der Waals surface area contributed by atoms with E-state index in [0.29, 0.717) is 25.3 Å². The van der Waals surface area contributed by atoms with E-state index in [2.05, 4.69) is 41.3 Å². The summed E-state index contributed by atoms with van der Waals surface area (Å²) in [5.74, 6) is 1.50. The average Bonchev–Trinajstić information content (AvgIpc) is 2.61. The van der Waals surface area contributed by atoms with Crippen LogP contribution < -0.4 is 5.32 Å². The molecule has 0 saturated carbocycles. The van der Waals surface area contributed by atoms with Gasteiger partial charge in [0, 0.05) is 25.6 Å². The average molecular weight is 253 g/mol. The van der Waals surface area contributed by atoms with E-state index in [9.17, 15) is 4.79 Å². The summed E-state index contributed by atoms with van der Waals surface area (Å²) in [6.45, 7) is 9.21. The predicted molar refractivity (Wildman–Crippen MR) is 70.0 cm³/mol. The molecule has 0 aliphatic heterocycles. The topological polar surface area (TPSA) is 73.9 Å². The summed E-state index contributed by atoms with van der Waals surface area (Å²) in [5, 5.41) is 10.1. The first-order valence-corrected chi connectivity index (χ1v) is 6.15. The van der Waals surface area contributed by atoms with Crippen LogP contribution in [0.1, 0.15) is 38.8 Å². The van der Waals surface area contributed by atoms with Crippen molar-refractivity contribution >= 4 is 5.91 Å². The molecule has 1 aromatic rings. The first-order valence-electron chi connectivity index (χ1n) is 6.15. The van der Waals surface area contributed by atoms with Crippen molar-refractivity contribution in [3.05, 3.63) is 11.6 Å². The molecule has 0 aliphatic rings. The van der Waals surface area contributed by atoms with Gasteiger partial charge in [-0.2, -0.15) is 5.10 Å². The van der Waals surface area contributed by atoms with Gasteiger partial charge in [-0.05, 0) is 27.7 Å². The summed E-state index contributed by atoms with van der Waals surface area (Å²) in [6, 6.07) is 0. The molecular formula is C12H23N5O. The maximum absolute atomic E-state index is 11.9. The highest BCUT2D eigenvalue weighted by atomic mass is 16.2. The van der Waals surface area contributed by atoms with E-state index in [1.807, 2.05) is 6.92 Å². The molecule has 0 unspecified atom stereocenters. The zero-order chi connectivity index (χ0) is 13.8. The van der Waals surface area contributed by atoms with Crippen LogP contribution >= 0.6 is 0 Å².